The highest BCUT2D eigenvalue weighted by atomic mass is 19.4. The molecule has 1 atom stereocenters. The number of carbonyl (C=O) groups excluding carboxylic acids is 1. The number of benzene rings is 1. The molecule has 2 N–H and O–H groups in total. The summed E-state index contributed by atoms with van der Waals surface area (Å²) < 4.78 is 48.9. The Bertz CT molecular complexity index is 536. The molecule has 0 bridgehead atoms. The summed E-state index contributed by atoms with van der Waals surface area (Å²) in [6, 6.07) is 4.14. The number of amides is 1. The molecule has 0 saturated heterocycles. The van der Waals surface area contributed by atoms with Crippen LogP contribution in [0.5, 0.6) is 0 Å². The maximum absolute atomic E-state index is 13.1. The van der Waals surface area contributed by atoms with E-state index in [1.165, 1.54) is 19.1 Å². The van der Waals surface area contributed by atoms with Crippen LogP contribution in [0.4, 0.5) is 23.2 Å². The zero-order chi connectivity index (χ0) is 15.3. The van der Waals surface area contributed by atoms with Crippen molar-refractivity contribution < 1.29 is 22.4 Å². The fourth-order valence-electron chi connectivity index (χ4n) is 1.36. The maximum Gasteiger partial charge on any atom is 0.405 e. The predicted octanol–water partition coefficient (Wildman–Crippen LogP) is 2.18. The van der Waals surface area contributed by atoms with Gasteiger partial charge in [0.15, 0.2) is 0 Å². The summed E-state index contributed by atoms with van der Waals surface area (Å²) in [5.41, 5.74) is 0.0375. The number of nitrogens with zero attached hydrogens (tertiary/aromatic N) is 1. The van der Waals surface area contributed by atoms with Crippen LogP contribution in [0.2, 0.25) is 0 Å². The van der Waals surface area contributed by atoms with Gasteiger partial charge in [0, 0.05) is 5.69 Å². The summed E-state index contributed by atoms with van der Waals surface area (Å²) in [6.45, 7) is -0.0776. The molecule has 0 radical (unpaired) electrons. The van der Waals surface area contributed by atoms with Crippen LogP contribution in [-0.2, 0) is 4.79 Å². The number of anilines is 1. The fraction of sp³-hybridized carbons (Fsp3) is 0.333. The molecule has 0 spiro atoms. The van der Waals surface area contributed by atoms with E-state index in [9.17, 15) is 22.4 Å². The molecule has 0 aliphatic rings. The molecule has 108 valence electrons. The van der Waals surface area contributed by atoms with Gasteiger partial charge < -0.3 is 10.6 Å². The molecule has 4 nitrogen and oxygen atoms in total. The lowest BCUT2D eigenvalue weighted by Gasteiger charge is -2.16. The highest BCUT2D eigenvalue weighted by molar-refractivity contribution is 5.84. The van der Waals surface area contributed by atoms with Gasteiger partial charge in [-0.3, -0.25) is 4.79 Å². The molecule has 1 aromatic rings. The number of alkyl halides is 3. The number of halogens is 4. The smallest absolute Gasteiger partial charge is 0.374 e. The first-order valence-corrected chi connectivity index (χ1v) is 5.53. The topological polar surface area (TPSA) is 64.9 Å². The number of nitriles is 1. The van der Waals surface area contributed by atoms with Crippen LogP contribution in [-0.4, -0.2) is 24.7 Å². The van der Waals surface area contributed by atoms with Crippen molar-refractivity contribution in [1.29, 1.82) is 5.26 Å². The van der Waals surface area contributed by atoms with Crippen molar-refractivity contribution in [2.24, 2.45) is 0 Å². The Morgan fingerprint density at radius 1 is 1.45 bits per heavy atom. The number of rotatable bonds is 4. The quantitative estimate of drug-likeness (QED) is 0.835. The van der Waals surface area contributed by atoms with Crippen molar-refractivity contribution in [2.45, 2.75) is 19.1 Å². The Hall–Kier alpha value is -2.30. The van der Waals surface area contributed by atoms with Crippen LogP contribution >= 0.6 is 0 Å². The average molecular weight is 289 g/mol. The minimum absolute atomic E-state index is 0.224. The summed E-state index contributed by atoms with van der Waals surface area (Å²) in [4.78, 5) is 11.4. The molecule has 0 aliphatic heterocycles. The van der Waals surface area contributed by atoms with Crippen LogP contribution in [0.1, 0.15) is 12.5 Å². The number of nitrogens with one attached hydrogen (secondary N) is 2. The summed E-state index contributed by atoms with van der Waals surface area (Å²) in [5.74, 6) is -1.57. The van der Waals surface area contributed by atoms with Gasteiger partial charge in [-0.1, -0.05) is 0 Å². The van der Waals surface area contributed by atoms with Crippen molar-refractivity contribution in [2.75, 3.05) is 11.9 Å². The molecular formula is C12H11F4N3O. The van der Waals surface area contributed by atoms with Crippen LogP contribution < -0.4 is 10.6 Å². The monoisotopic (exact) mass is 289 g/mol. The second-order valence-electron chi connectivity index (χ2n) is 4.01. The van der Waals surface area contributed by atoms with Crippen molar-refractivity contribution >= 4 is 11.6 Å². The van der Waals surface area contributed by atoms with E-state index in [0.29, 0.717) is 0 Å². The second kappa shape index (κ2) is 6.23. The third kappa shape index (κ3) is 4.76. The third-order valence-corrected chi connectivity index (χ3v) is 2.33. The van der Waals surface area contributed by atoms with Crippen LogP contribution in [0.3, 0.4) is 0 Å². The van der Waals surface area contributed by atoms with Crippen LogP contribution in [0.15, 0.2) is 18.2 Å². The minimum atomic E-state index is -4.49. The molecule has 20 heavy (non-hydrogen) atoms. The van der Waals surface area contributed by atoms with Gasteiger partial charge in [-0.15, -0.1) is 0 Å². The van der Waals surface area contributed by atoms with Gasteiger partial charge in [-0.2, -0.15) is 18.4 Å². The fourth-order valence-corrected chi connectivity index (χ4v) is 1.36. The first kappa shape index (κ1) is 15.8. The van der Waals surface area contributed by atoms with Crippen molar-refractivity contribution in [3.8, 4) is 6.07 Å². The Labute approximate surface area is 112 Å². The van der Waals surface area contributed by atoms with Gasteiger partial charge in [-0.25, -0.2) is 4.39 Å². The van der Waals surface area contributed by atoms with Crippen molar-refractivity contribution in [3.63, 3.8) is 0 Å². The lowest BCUT2D eigenvalue weighted by atomic mass is 10.2. The van der Waals surface area contributed by atoms with Gasteiger partial charge >= 0.3 is 6.18 Å². The molecule has 1 amide bonds. The highest BCUT2D eigenvalue weighted by Gasteiger charge is 2.28. The molecule has 8 heteroatoms. The second-order valence-corrected chi connectivity index (χ2v) is 4.01. The maximum atomic E-state index is 13.1. The standard InChI is InChI=1S/C12H11F4N3O/c1-7(11(20)18-6-12(14,15)16)19-9-2-3-10(13)8(4-9)5-17/h2-4,7,19H,6H2,1H3,(H,18,20). The van der Waals surface area contributed by atoms with E-state index in [1.54, 1.807) is 11.4 Å². The van der Waals surface area contributed by atoms with Gasteiger partial charge in [0.05, 0.1) is 5.56 Å². The Balaban J connectivity index is 2.64. The lowest BCUT2D eigenvalue weighted by molar-refractivity contribution is -0.138. The normalized spacial score (nSPS) is 12.4. The molecule has 1 rings (SSSR count). The van der Waals surface area contributed by atoms with Crippen molar-refractivity contribution in [3.05, 3.63) is 29.6 Å². The van der Waals surface area contributed by atoms with Gasteiger partial charge in [0.25, 0.3) is 0 Å². The number of hydrogen-bond donors (Lipinski definition) is 2. The number of hydrogen-bond acceptors (Lipinski definition) is 3. The molecule has 0 fully saturated rings. The third-order valence-electron chi connectivity index (χ3n) is 2.33. The number of carbonyl (C=O) groups is 1. The van der Waals surface area contributed by atoms with Gasteiger partial charge in [0.1, 0.15) is 24.5 Å². The minimum Gasteiger partial charge on any atom is -0.374 e. The van der Waals surface area contributed by atoms with Crippen LogP contribution in [0, 0.1) is 17.1 Å². The molecule has 1 aromatic carbocycles. The van der Waals surface area contributed by atoms with E-state index >= 15 is 0 Å². The molecule has 0 heterocycles. The zero-order valence-corrected chi connectivity index (χ0v) is 10.4. The average Bonchev–Trinajstić information content (AvgIpc) is 2.37. The molecule has 0 saturated carbocycles. The molecule has 0 aromatic heterocycles. The molecule has 0 aliphatic carbocycles. The predicted molar refractivity (Wildman–Crippen MR) is 63.3 cm³/mol. The van der Waals surface area contributed by atoms with E-state index < -0.39 is 30.5 Å². The lowest BCUT2D eigenvalue weighted by Crippen LogP contribution is -2.42. The Morgan fingerprint density at radius 3 is 2.65 bits per heavy atom. The first-order chi connectivity index (χ1) is 9.23. The van der Waals surface area contributed by atoms with Crippen LogP contribution in [0.25, 0.3) is 0 Å². The molecular weight excluding hydrogens is 278 g/mol. The summed E-state index contributed by atoms with van der Waals surface area (Å²) in [5, 5.41) is 12.9. The highest BCUT2D eigenvalue weighted by Crippen LogP contribution is 2.15. The molecule has 1 unspecified atom stereocenters. The summed E-state index contributed by atoms with van der Waals surface area (Å²) in [7, 11) is 0. The van der Waals surface area contributed by atoms with E-state index in [2.05, 4.69) is 5.32 Å². The summed E-state index contributed by atoms with van der Waals surface area (Å²) in [6.07, 6.45) is -4.49. The van der Waals surface area contributed by atoms with Gasteiger partial charge in [-0.05, 0) is 25.1 Å². The zero-order valence-electron chi connectivity index (χ0n) is 10.4. The van der Waals surface area contributed by atoms with Crippen molar-refractivity contribution in [1.82, 2.24) is 5.32 Å². The largest absolute Gasteiger partial charge is 0.405 e. The Morgan fingerprint density at radius 2 is 2.10 bits per heavy atom. The van der Waals surface area contributed by atoms with E-state index in [-0.39, 0.29) is 11.3 Å². The SMILES string of the molecule is CC(Nc1ccc(F)c(C#N)c1)C(=O)NCC(F)(F)F. The van der Waals surface area contributed by atoms with E-state index in [4.69, 9.17) is 5.26 Å². The Kier molecular flexibility index (Phi) is 4.91. The van der Waals surface area contributed by atoms with E-state index in [1.807, 2.05) is 0 Å². The van der Waals surface area contributed by atoms with Gasteiger partial charge in [0.2, 0.25) is 5.91 Å². The summed E-state index contributed by atoms with van der Waals surface area (Å²) >= 11 is 0. The first-order valence-electron chi connectivity index (χ1n) is 5.53. The van der Waals surface area contributed by atoms with E-state index in [0.717, 1.165) is 6.07 Å².